The number of aromatic nitrogens is 2. The summed E-state index contributed by atoms with van der Waals surface area (Å²) in [5.41, 5.74) is 1.43. The molecular weight excluding hydrogens is 420 g/mol. The van der Waals surface area contributed by atoms with Crippen LogP contribution in [0.2, 0.25) is 5.02 Å². The Morgan fingerprint density at radius 3 is 2.47 bits per heavy atom. The number of H-pyrrole nitrogens is 1. The molecule has 1 aliphatic heterocycles. The van der Waals surface area contributed by atoms with E-state index < -0.39 is 0 Å². The molecule has 30 heavy (non-hydrogen) atoms. The van der Waals surface area contributed by atoms with Crippen molar-refractivity contribution in [1.82, 2.24) is 19.4 Å². The molecule has 0 aliphatic carbocycles. The third kappa shape index (κ3) is 4.59. The number of carbonyl (C=O) groups excluding carboxylic acids is 1. The number of imidazole rings is 1. The van der Waals surface area contributed by atoms with E-state index in [4.69, 9.17) is 28.6 Å². The van der Waals surface area contributed by atoms with Crippen LogP contribution in [0.15, 0.2) is 60.8 Å². The Labute approximate surface area is 185 Å². The van der Waals surface area contributed by atoms with Gasteiger partial charge in [0.2, 0.25) is 0 Å². The highest BCUT2D eigenvalue weighted by Crippen LogP contribution is 2.23. The molecule has 1 aliphatic rings. The maximum atomic E-state index is 13.1. The summed E-state index contributed by atoms with van der Waals surface area (Å²) in [5.74, 6) is 0.684. The molecule has 2 aromatic carbocycles. The predicted molar refractivity (Wildman–Crippen MR) is 120 cm³/mol. The van der Waals surface area contributed by atoms with E-state index >= 15 is 0 Å². The normalized spacial score (nSPS) is 14.6. The number of para-hydroxylation sites is 2. The largest absolute Gasteiger partial charge is 0.491 e. The van der Waals surface area contributed by atoms with Gasteiger partial charge in [-0.3, -0.25) is 14.3 Å². The van der Waals surface area contributed by atoms with Gasteiger partial charge in [0.15, 0.2) is 4.77 Å². The lowest BCUT2D eigenvalue weighted by Crippen LogP contribution is -2.49. The molecular formula is C22H23ClN4O2S. The average Bonchev–Trinajstić information content (AvgIpc) is 3.17. The van der Waals surface area contributed by atoms with Gasteiger partial charge >= 0.3 is 0 Å². The molecule has 0 unspecified atom stereocenters. The molecule has 0 saturated carbocycles. The zero-order valence-electron chi connectivity index (χ0n) is 16.5. The Bertz CT molecular complexity index is 1060. The van der Waals surface area contributed by atoms with Crippen LogP contribution in [0.4, 0.5) is 0 Å². The van der Waals surface area contributed by atoms with Crippen molar-refractivity contribution in [3.05, 3.63) is 76.3 Å². The molecule has 6 nitrogen and oxygen atoms in total. The number of aromatic amines is 1. The van der Waals surface area contributed by atoms with Gasteiger partial charge in [-0.1, -0.05) is 41.9 Å². The number of ether oxygens (including phenoxy) is 1. The first kappa shape index (κ1) is 20.7. The number of hydrogen-bond donors (Lipinski definition) is 1. The maximum absolute atomic E-state index is 13.1. The second-order valence-electron chi connectivity index (χ2n) is 7.06. The fourth-order valence-electron chi connectivity index (χ4n) is 3.54. The predicted octanol–water partition coefficient (Wildman–Crippen LogP) is 4.03. The standard InChI is InChI=1S/C22H23ClN4O2S/c23-18-8-4-5-9-20(18)29-15-14-25-10-12-26(13-11-25)21(28)19-16-24-22(30)27(19)17-6-2-1-3-7-17/h1-9,16H,10-15H2,(H,24,30). The van der Waals surface area contributed by atoms with Crippen LogP contribution in [0.3, 0.4) is 0 Å². The summed E-state index contributed by atoms with van der Waals surface area (Å²) in [5, 5.41) is 0.618. The van der Waals surface area contributed by atoms with E-state index in [1.807, 2.05) is 59.5 Å². The monoisotopic (exact) mass is 442 g/mol. The highest BCUT2D eigenvalue weighted by Gasteiger charge is 2.25. The topological polar surface area (TPSA) is 53.5 Å². The van der Waals surface area contributed by atoms with Crippen molar-refractivity contribution in [3.8, 4) is 11.4 Å². The molecule has 3 aromatic rings. The third-order valence-electron chi connectivity index (χ3n) is 5.17. The number of amides is 1. The maximum Gasteiger partial charge on any atom is 0.272 e. The second-order valence-corrected chi connectivity index (χ2v) is 7.86. The van der Waals surface area contributed by atoms with Gasteiger partial charge < -0.3 is 14.6 Å². The SMILES string of the molecule is O=C(c1c[nH]c(=S)n1-c1ccccc1)N1CCN(CCOc2ccccc2Cl)CC1. The number of carbonyl (C=O) groups is 1. The molecule has 8 heteroatoms. The molecule has 1 N–H and O–H groups in total. The van der Waals surface area contributed by atoms with E-state index in [2.05, 4.69) is 9.88 Å². The van der Waals surface area contributed by atoms with Crippen LogP contribution in [0.25, 0.3) is 5.69 Å². The molecule has 4 rings (SSSR count). The van der Waals surface area contributed by atoms with Gasteiger partial charge in [0.25, 0.3) is 5.91 Å². The first-order valence-electron chi connectivity index (χ1n) is 9.88. The first-order chi connectivity index (χ1) is 14.6. The van der Waals surface area contributed by atoms with Gasteiger partial charge in [-0.15, -0.1) is 0 Å². The lowest BCUT2D eigenvalue weighted by molar-refractivity contribution is 0.0612. The molecule has 1 fully saturated rings. The van der Waals surface area contributed by atoms with Gasteiger partial charge in [-0.25, -0.2) is 0 Å². The summed E-state index contributed by atoms with van der Waals surface area (Å²) in [6.45, 7) is 4.28. The Kier molecular flexibility index (Phi) is 6.52. The minimum absolute atomic E-state index is 0.0156. The zero-order chi connectivity index (χ0) is 20.9. The Morgan fingerprint density at radius 1 is 1.03 bits per heavy atom. The summed E-state index contributed by atoms with van der Waals surface area (Å²) in [6.07, 6.45) is 1.70. The summed E-state index contributed by atoms with van der Waals surface area (Å²) < 4.78 is 8.08. The molecule has 0 spiro atoms. The molecule has 1 amide bonds. The van der Waals surface area contributed by atoms with Gasteiger partial charge in [0.1, 0.15) is 18.1 Å². The number of halogens is 1. The van der Waals surface area contributed by atoms with Crippen molar-refractivity contribution in [2.75, 3.05) is 39.3 Å². The first-order valence-corrected chi connectivity index (χ1v) is 10.7. The molecule has 0 bridgehead atoms. The second kappa shape index (κ2) is 9.47. The summed E-state index contributed by atoms with van der Waals surface area (Å²) in [6, 6.07) is 17.2. The van der Waals surface area contributed by atoms with Crippen molar-refractivity contribution in [3.63, 3.8) is 0 Å². The number of nitrogens with one attached hydrogen (secondary N) is 1. The van der Waals surface area contributed by atoms with E-state index in [9.17, 15) is 4.79 Å². The van der Waals surface area contributed by atoms with Gasteiger partial charge in [0.05, 0.1) is 5.02 Å². The van der Waals surface area contributed by atoms with Crippen LogP contribution in [0.1, 0.15) is 10.5 Å². The van der Waals surface area contributed by atoms with Gasteiger partial charge in [-0.2, -0.15) is 0 Å². The van der Waals surface area contributed by atoms with E-state index in [0.29, 0.717) is 40.9 Å². The van der Waals surface area contributed by atoms with Gasteiger partial charge in [-0.05, 0) is 36.5 Å². The van der Waals surface area contributed by atoms with Crippen molar-refractivity contribution in [1.29, 1.82) is 0 Å². The van der Waals surface area contributed by atoms with E-state index in [-0.39, 0.29) is 5.91 Å². The van der Waals surface area contributed by atoms with Crippen LogP contribution in [-0.4, -0.2) is 64.6 Å². The lowest BCUT2D eigenvalue weighted by atomic mass is 10.2. The van der Waals surface area contributed by atoms with Crippen LogP contribution in [0, 0.1) is 4.77 Å². The summed E-state index contributed by atoms with van der Waals surface area (Å²) >= 11 is 11.5. The Hall–Kier alpha value is -2.61. The molecule has 0 atom stereocenters. The van der Waals surface area contributed by atoms with Crippen LogP contribution in [0.5, 0.6) is 5.75 Å². The van der Waals surface area contributed by atoms with E-state index in [1.165, 1.54) is 0 Å². The van der Waals surface area contributed by atoms with Crippen LogP contribution < -0.4 is 4.74 Å². The van der Waals surface area contributed by atoms with Crippen LogP contribution in [-0.2, 0) is 0 Å². The summed E-state index contributed by atoms with van der Waals surface area (Å²) in [4.78, 5) is 20.3. The average molecular weight is 443 g/mol. The van der Waals surface area contributed by atoms with E-state index in [0.717, 1.165) is 25.3 Å². The lowest BCUT2D eigenvalue weighted by Gasteiger charge is -2.34. The highest BCUT2D eigenvalue weighted by atomic mass is 35.5. The Morgan fingerprint density at radius 2 is 1.73 bits per heavy atom. The smallest absolute Gasteiger partial charge is 0.272 e. The Balaban J connectivity index is 1.33. The van der Waals surface area contributed by atoms with Crippen molar-refractivity contribution >= 4 is 29.7 Å². The zero-order valence-corrected chi connectivity index (χ0v) is 18.0. The van der Waals surface area contributed by atoms with E-state index in [1.54, 1.807) is 10.8 Å². The number of piperazine rings is 1. The minimum atomic E-state index is -0.0156. The number of nitrogens with zero attached hydrogens (tertiary/aromatic N) is 3. The third-order valence-corrected chi connectivity index (χ3v) is 5.78. The highest BCUT2D eigenvalue weighted by molar-refractivity contribution is 7.71. The van der Waals surface area contributed by atoms with Crippen molar-refractivity contribution < 1.29 is 9.53 Å². The fraction of sp³-hybridized carbons (Fsp3) is 0.273. The van der Waals surface area contributed by atoms with Crippen molar-refractivity contribution in [2.45, 2.75) is 0 Å². The molecule has 1 saturated heterocycles. The molecule has 1 aromatic heterocycles. The van der Waals surface area contributed by atoms with Gasteiger partial charge in [0, 0.05) is 44.6 Å². The quantitative estimate of drug-likeness (QED) is 0.586. The fourth-order valence-corrected chi connectivity index (χ4v) is 4.00. The number of benzene rings is 2. The molecule has 2 heterocycles. The minimum Gasteiger partial charge on any atom is -0.491 e. The molecule has 156 valence electrons. The summed E-state index contributed by atoms with van der Waals surface area (Å²) in [7, 11) is 0. The number of rotatable bonds is 6. The van der Waals surface area contributed by atoms with Crippen LogP contribution >= 0.6 is 23.8 Å². The number of hydrogen-bond acceptors (Lipinski definition) is 4. The molecule has 0 radical (unpaired) electrons. The van der Waals surface area contributed by atoms with Crippen molar-refractivity contribution in [2.24, 2.45) is 0 Å².